The Labute approximate surface area is 170 Å². The molecule has 29 heavy (non-hydrogen) atoms. The molecule has 2 aliphatic carbocycles. The molecule has 0 aromatic rings. The highest BCUT2D eigenvalue weighted by Crippen LogP contribution is 2.56. The topological polar surface area (TPSA) is 126 Å². The molecular weight excluding hydrogens is 380 g/mol. The third-order valence-corrected chi connectivity index (χ3v) is 7.64. The quantitative estimate of drug-likeness (QED) is 0.384. The molecular formula is C21H32O8. The van der Waals surface area contributed by atoms with Crippen LogP contribution in [-0.2, 0) is 19.0 Å². The van der Waals surface area contributed by atoms with Crippen molar-refractivity contribution in [3.05, 3.63) is 11.1 Å². The predicted molar refractivity (Wildman–Crippen MR) is 100 cm³/mol. The molecule has 1 saturated carbocycles. The summed E-state index contributed by atoms with van der Waals surface area (Å²) in [6.45, 7) is 5.62. The Morgan fingerprint density at radius 1 is 1.17 bits per heavy atom. The minimum absolute atomic E-state index is 0.114. The van der Waals surface area contributed by atoms with E-state index < -0.39 is 37.3 Å². The van der Waals surface area contributed by atoms with Gasteiger partial charge in [-0.05, 0) is 38.2 Å². The molecule has 3 fully saturated rings. The van der Waals surface area contributed by atoms with E-state index in [1.165, 1.54) is 5.57 Å². The van der Waals surface area contributed by atoms with Crippen LogP contribution in [0, 0.1) is 17.3 Å². The smallest absolute Gasteiger partial charge is 0.309 e. The van der Waals surface area contributed by atoms with E-state index in [0.717, 1.165) is 24.8 Å². The van der Waals surface area contributed by atoms with E-state index in [9.17, 15) is 25.2 Å². The van der Waals surface area contributed by atoms with Gasteiger partial charge < -0.3 is 34.6 Å². The summed E-state index contributed by atoms with van der Waals surface area (Å²) < 4.78 is 17.5. The Hall–Kier alpha value is -1.03. The second-order valence-electron chi connectivity index (χ2n) is 9.32. The summed E-state index contributed by atoms with van der Waals surface area (Å²) in [6.07, 6.45) is -3.85. The van der Waals surface area contributed by atoms with Gasteiger partial charge in [0, 0.05) is 11.3 Å². The first-order valence-electron chi connectivity index (χ1n) is 10.6. The van der Waals surface area contributed by atoms with Crippen LogP contribution in [0.1, 0.15) is 46.5 Å². The fraction of sp³-hybridized carbons (Fsp3) is 0.857. The van der Waals surface area contributed by atoms with Crippen molar-refractivity contribution in [1.82, 2.24) is 0 Å². The van der Waals surface area contributed by atoms with Gasteiger partial charge in [0.15, 0.2) is 6.29 Å². The number of fused-ring (bicyclic) bond motifs is 3. The van der Waals surface area contributed by atoms with Gasteiger partial charge in [-0.2, -0.15) is 0 Å². The highest BCUT2D eigenvalue weighted by molar-refractivity contribution is 5.75. The molecule has 0 spiro atoms. The van der Waals surface area contributed by atoms with Crippen molar-refractivity contribution >= 4 is 5.97 Å². The van der Waals surface area contributed by atoms with Crippen molar-refractivity contribution in [3.8, 4) is 0 Å². The maximum absolute atomic E-state index is 12.2. The standard InChI is InChI=1S/C21H32O8/c1-9-4-5-13(28-20-17(25)16(24)15(23)12(8-22)27-20)21(3)7-6-11-10(2)19(26)29-18(11)14(9)21/h10-13,15-18,20,22-25H,4-8H2,1-3H3/t10-,11-,12+,13+,15+,16-,17+,18-,20-,21-/m0/s1. The van der Waals surface area contributed by atoms with Crippen molar-refractivity contribution in [3.63, 3.8) is 0 Å². The Balaban J connectivity index is 1.58. The fourth-order valence-corrected chi connectivity index (χ4v) is 5.78. The molecule has 164 valence electrons. The van der Waals surface area contributed by atoms with Crippen LogP contribution >= 0.6 is 0 Å². The molecule has 8 heteroatoms. The van der Waals surface area contributed by atoms with Crippen LogP contribution in [0.3, 0.4) is 0 Å². The van der Waals surface area contributed by atoms with E-state index in [1.54, 1.807) is 0 Å². The molecule has 0 aromatic carbocycles. The molecule has 0 bridgehead atoms. The summed E-state index contributed by atoms with van der Waals surface area (Å²) >= 11 is 0. The summed E-state index contributed by atoms with van der Waals surface area (Å²) in [7, 11) is 0. The molecule has 0 amide bonds. The first-order valence-corrected chi connectivity index (χ1v) is 10.6. The molecule has 4 N–H and O–H groups in total. The van der Waals surface area contributed by atoms with Gasteiger partial charge >= 0.3 is 5.97 Å². The zero-order chi connectivity index (χ0) is 21.1. The lowest BCUT2D eigenvalue weighted by molar-refractivity contribution is -0.319. The molecule has 8 nitrogen and oxygen atoms in total. The van der Waals surface area contributed by atoms with Gasteiger partial charge in [-0.3, -0.25) is 4.79 Å². The van der Waals surface area contributed by atoms with Crippen LogP contribution in [0.2, 0.25) is 0 Å². The average molecular weight is 412 g/mol. The number of aliphatic hydroxyl groups is 4. The summed E-state index contributed by atoms with van der Waals surface area (Å²) in [5, 5.41) is 39.9. The number of carbonyl (C=O) groups excluding carboxylic acids is 1. The number of rotatable bonds is 3. The van der Waals surface area contributed by atoms with Gasteiger partial charge in [-0.15, -0.1) is 0 Å². The Kier molecular flexibility index (Phi) is 5.55. The zero-order valence-corrected chi connectivity index (χ0v) is 17.2. The number of esters is 1. The predicted octanol–water partition coefficient (Wildman–Crippen LogP) is 0.260. The zero-order valence-electron chi connectivity index (χ0n) is 17.2. The minimum atomic E-state index is -1.47. The van der Waals surface area contributed by atoms with Crippen LogP contribution in [0.4, 0.5) is 0 Å². The molecule has 4 aliphatic rings. The Bertz CT molecular complexity index is 690. The minimum Gasteiger partial charge on any atom is -0.457 e. The summed E-state index contributed by atoms with van der Waals surface area (Å²) in [4.78, 5) is 12.2. The lowest BCUT2D eigenvalue weighted by atomic mass is 9.58. The van der Waals surface area contributed by atoms with Crippen molar-refractivity contribution in [2.24, 2.45) is 17.3 Å². The molecule has 4 rings (SSSR count). The normalized spacial score (nSPS) is 50.2. The number of hydrogen-bond acceptors (Lipinski definition) is 8. The average Bonchev–Trinajstić information content (AvgIpc) is 2.97. The maximum atomic E-state index is 12.2. The second-order valence-corrected chi connectivity index (χ2v) is 9.32. The van der Waals surface area contributed by atoms with Crippen molar-refractivity contribution < 1.29 is 39.4 Å². The largest absolute Gasteiger partial charge is 0.457 e. The van der Waals surface area contributed by atoms with E-state index in [1.807, 2.05) is 6.92 Å². The van der Waals surface area contributed by atoms with E-state index in [2.05, 4.69) is 13.8 Å². The monoisotopic (exact) mass is 412 g/mol. The van der Waals surface area contributed by atoms with Gasteiger partial charge in [-0.25, -0.2) is 0 Å². The van der Waals surface area contributed by atoms with Crippen molar-refractivity contribution in [2.45, 2.75) is 89.4 Å². The van der Waals surface area contributed by atoms with Crippen LogP contribution in [-0.4, -0.2) is 75.9 Å². The summed E-state index contributed by atoms with van der Waals surface area (Å²) in [5.74, 6) is -0.0929. The molecule has 10 atom stereocenters. The van der Waals surface area contributed by atoms with Crippen molar-refractivity contribution in [1.29, 1.82) is 0 Å². The highest BCUT2D eigenvalue weighted by Gasteiger charge is 2.57. The molecule has 2 heterocycles. The van der Waals surface area contributed by atoms with Gasteiger partial charge in [0.2, 0.25) is 0 Å². The first-order chi connectivity index (χ1) is 13.7. The van der Waals surface area contributed by atoms with Gasteiger partial charge in [0.05, 0.1) is 18.6 Å². The summed E-state index contributed by atoms with van der Waals surface area (Å²) in [6, 6.07) is 0. The van der Waals surface area contributed by atoms with E-state index in [0.29, 0.717) is 6.42 Å². The van der Waals surface area contributed by atoms with Crippen LogP contribution in [0.15, 0.2) is 11.1 Å². The number of allylic oxidation sites excluding steroid dienone is 1. The molecule has 2 aliphatic heterocycles. The van der Waals surface area contributed by atoms with Crippen LogP contribution in [0.25, 0.3) is 0 Å². The van der Waals surface area contributed by atoms with Gasteiger partial charge in [-0.1, -0.05) is 19.4 Å². The number of hydrogen-bond donors (Lipinski definition) is 4. The van der Waals surface area contributed by atoms with Crippen LogP contribution in [0.5, 0.6) is 0 Å². The lowest BCUT2D eigenvalue weighted by Crippen LogP contribution is -2.61. The van der Waals surface area contributed by atoms with E-state index >= 15 is 0 Å². The van der Waals surface area contributed by atoms with Crippen LogP contribution < -0.4 is 0 Å². The molecule has 0 aromatic heterocycles. The van der Waals surface area contributed by atoms with E-state index in [4.69, 9.17) is 14.2 Å². The van der Waals surface area contributed by atoms with Gasteiger partial charge in [0.25, 0.3) is 0 Å². The molecule has 2 saturated heterocycles. The third kappa shape index (κ3) is 3.25. The second kappa shape index (κ2) is 7.59. The SMILES string of the molecule is CC1=C2[C@H]3OC(=O)[C@@H](C)[C@@H]3CC[C@@]2(C)[C@H](O[C@@H]2O[C@H](CO)[C@@H](O)[C@H](O)[C@H]2O)CC1. The lowest BCUT2D eigenvalue weighted by Gasteiger charge is -2.51. The summed E-state index contributed by atoms with van der Waals surface area (Å²) in [5.41, 5.74) is 1.96. The first kappa shape index (κ1) is 21.2. The van der Waals surface area contributed by atoms with Crippen molar-refractivity contribution in [2.75, 3.05) is 6.61 Å². The Morgan fingerprint density at radius 2 is 1.90 bits per heavy atom. The molecule has 0 radical (unpaired) electrons. The van der Waals surface area contributed by atoms with E-state index in [-0.39, 0.29) is 35.4 Å². The maximum Gasteiger partial charge on any atom is 0.309 e. The number of ether oxygens (including phenoxy) is 3. The fourth-order valence-electron chi connectivity index (χ4n) is 5.78. The number of aliphatic hydroxyl groups excluding tert-OH is 4. The Morgan fingerprint density at radius 3 is 2.59 bits per heavy atom. The highest BCUT2D eigenvalue weighted by atomic mass is 16.7. The molecule has 0 unspecified atom stereocenters. The number of carbonyl (C=O) groups is 1. The third-order valence-electron chi connectivity index (χ3n) is 7.64. The van der Waals surface area contributed by atoms with Gasteiger partial charge in [0.1, 0.15) is 30.5 Å².